The summed E-state index contributed by atoms with van der Waals surface area (Å²) in [5.41, 5.74) is 6.57. The molecule has 1 saturated carbocycles. The first-order valence-electron chi connectivity index (χ1n) is 6.58. The van der Waals surface area contributed by atoms with Gasteiger partial charge >= 0.3 is 0 Å². The Bertz CT molecular complexity index is 476. The Kier molecular flexibility index (Phi) is 3.95. The molecule has 104 valence electrons. The molecule has 2 unspecified atom stereocenters. The molecule has 5 nitrogen and oxygen atoms in total. The molecule has 1 aliphatic carbocycles. The summed E-state index contributed by atoms with van der Waals surface area (Å²) in [6.07, 6.45) is 2.45. The van der Waals surface area contributed by atoms with E-state index >= 15 is 0 Å². The summed E-state index contributed by atoms with van der Waals surface area (Å²) in [5, 5.41) is 21.5. The minimum absolute atomic E-state index is 0.159. The number of nitrogens with two attached hydrogens (primary N) is 1. The van der Waals surface area contributed by atoms with Gasteiger partial charge < -0.3 is 21.3 Å². The molecule has 0 aromatic heterocycles. The molecule has 5 heteroatoms. The summed E-state index contributed by atoms with van der Waals surface area (Å²) in [4.78, 5) is 11.9. The standard InChI is InChI=1S/C14H20N2O3/c1-2-9-7-11(9)16-14(19)10(15)5-8-3-4-12(17)13(18)6-8/h3-4,6,9-11,17-18H,2,5,7,15H2,1H3,(H,16,19)/t9?,10-,11?/m0/s1. The number of carbonyl (C=O) groups is 1. The fourth-order valence-corrected chi connectivity index (χ4v) is 2.21. The van der Waals surface area contributed by atoms with Crippen molar-refractivity contribution < 1.29 is 15.0 Å². The van der Waals surface area contributed by atoms with E-state index in [1.165, 1.54) is 12.1 Å². The zero-order valence-corrected chi connectivity index (χ0v) is 11.0. The van der Waals surface area contributed by atoms with Crippen LogP contribution in [0, 0.1) is 5.92 Å². The lowest BCUT2D eigenvalue weighted by Gasteiger charge is -2.12. The van der Waals surface area contributed by atoms with Crippen molar-refractivity contribution in [2.75, 3.05) is 0 Å². The zero-order chi connectivity index (χ0) is 14.0. The molecule has 1 amide bonds. The van der Waals surface area contributed by atoms with Crippen molar-refractivity contribution in [3.05, 3.63) is 23.8 Å². The lowest BCUT2D eigenvalue weighted by molar-refractivity contribution is -0.122. The second-order valence-electron chi connectivity index (χ2n) is 5.15. The summed E-state index contributed by atoms with van der Waals surface area (Å²) >= 11 is 0. The van der Waals surface area contributed by atoms with E-state index in [0.29, 0.717) is 12.3 Å². The van der Waals surface area contributed by atoms with Gasteiger partial charge in [-0.25, -0.2) is 0 Å². The van der Waals surface area contributed by atoms with Gasteiger partial charge in [0.2, 0.25) is 5.91 Å². The van der Waals surface area contributed by atoms with Gasteiger partial charge in [0.15, 0.2) is 11.5 Å². The maximum absolute atomic E-state index is 11.9. The first-order chi connectivity index (χ1) is 9.01. The summed E-state index contributed by atoms with van der Waals surface area (Å²) in [5.74, 6) is 0.0614. The molecule has 0 heterocycles. The van der Waals surface area contributed by atoms with Crippen LogP contribution < -0.4 is 11.1 Å². The number of amides is 1. The van der Waals surface area contributed by atoms with Crippen LogP contribution in [0.3, 0.4) is 0 Å². The monoisotopic (exact) mass is 264 g/mol. The maximum atomic E-state index is 11.9. The number of rotatable bonds is 5. The third-order valence-corrected chi connectivity index (χ3v) is 3.61. The van der Waals surface area contributed by atoms with Crippen LogP contribution in [0.4, 0.5) is 0 Å². The normalized spacial score (nSPS) is 22.8. The summed E-state index contributed by atoms with van der Waals surface area (Å²) < 4.78 is 0. The second kappa shape index (κ2) is 5.48. The molecule has 0 saturated heterocycles. The van der Waals surface area contributed by atoms with Crippen molar-refractivity contribution in [2.24, 2.45) is 11.7 Å². The molecule has 0 bridgehead atoms. The van der Waals surface area contributed by atoms with Gasteiger partial charge in [-0.15, -0.1) is 0 Å². The highest BCUT2D eigenvalue weighted by molar-refractivity contribution is 5.82. The average molecular weight is 264 g/mol. The Hall–Kier alpha value is -1.75. The fraction of sp³-hybridized carbons (Fsp3) is 0.500. The smallest absolute Gasteiger partial charge is 0.237 e. The van der Waals surface area contributed by atoms with Gasteiger partial charge in [0.1, 0.15) is 0 Å². The number of nitrogens with one attached hydrogen (secondary N) is 1. The number of hydrogen-bond acceptors (Lipinski definition) is 4. The zero-order valence-electron chi connectivity index (χ0n) is 11.0. The summed E-state index contributed by atoms with van der Waals surface area (Å²) in [6.45, 7) is 2.11. The number of aromatic hydroxyl groups is 2. The van der Waals surface area contributed by atoms with E-state index < -0.39 is 6.04 Å². The minimum atomic E-state index is -0.637. The summed E-state index contributed by atoms with van der Waals surface area (Å²) in [6, 6.07) is 4.10. The highest BCUT2D eigenvalue weighted by Crippen LogP contribution is 2.33. The third kappa shape index (κ3) is 3.38. The van der Waals surface area contributed by atoms with Gasteiger partial charge in [-0.2, -0.15) is 0 Å². The Morgan fingerprint density at radius 3 is 2.79 bits per heavy atom. The van der Waals surface area contributed by atoms with Crippen molar-refractivity contribution in [1.29, 1.82) is 0 Å². The Labute approximate surface area is 112 Å². The van der Waals surface area contributed by atoms with Crippen LogP contribution in [-0.2, 0) is 11.2 Å². The van der Waals surface area contributed by atoms with Gasteiger partial charge in [0.05, 0.1) is 6.04 Å². The molecule has 1 aromatic rings. The van der Waals surface area contributed by atoms with Crippen molar-refractivity contribution in [3.63, 3.8) is 0 Å². The number of hydrogen-bond donors (Lipinski definition) is 4. The molecule has 19 heavy (non-hydrogen) atoms. The van der Waals surface area contributed by atoms with Crippen LogP contribution in [0.2, 0.25) is 0 Å². The Balaban J connectivity index is 1.87. The molecule has 5 N–H and O–H groups in total. The highest BCUT2D eigenvalue weighted by Gasteiger charge is 2.37. The third-order valence-electron chi connectivity index (χ3n) is 3.61. The molecule has 0 spiro atoms. The molecule has 1 aromatic carbocycles. The Morgan fingerprint density at radius 2 is 2.21 bits per heavy atom. The van der Waals surface area contributed by atoms with Crippen LogP contribution in [0.15, 0.2) is 18.2 Å². The first-order valence-corrected chi connectivity index (χ1v) is 6.58. The highest BCUT2D eigenvalue weighted by atomic mass is 16.3. The van der Waals surface area contributed by atoms with Crippen molar-refractivity contribution >= 4 is 5.91 Å². The molecular weight excluding hydrogens is 244 g/mol. The average Bonchev–Trinajstić information content (AvgIpc) is 3.12. The fourth-order valence-electron chi connectivity index (χ4n) is 2.21. The number of phenols is 2. The molecule has 3 atom stereocenters. The van der Waals surface area contributed by atoms with Gasteiger partial charge in [-0.05, 0) is 36.5 Å². The predicted octanol–water partition coefficient (Wildman–Crippen LogP) is 0.882. The maximum Gasteiger partial charge on any atom is 0.237 e. The van der Waals surface area contributed by atoms with E-state index in [0.717, 1.165) is 18.4 Å². The first kappa shape index (κ1) is 13.7. The van der Waals surface area contributed by atoms with E-state index in [4.69, 9.17) is 5.73 Å². The second-order valence-corrected chi connectivity index (χ2v) is 5.15. The van der Waals surface area contributed by atoms with E-state index in [2.05, 4.69) is 12.2 Å². The van der Waals surface area contributed by atoms with Crippen molar-refractivity contribution in [1.82, 2.24) is 5.32 Å². The molecule has 0 aliphatic heterocycles. The Morgan fingerprint density at radius 1 is 1.47 bits per heavy atom. The molecular formula is C14H20N2O3. The van der Waals surface area contributed by atoms with Gasteiger partial charge in [0.25, 0.3) is 0 Å². The minimum Gasteiger partial charge on any atom is -0.504 e. The van der Waals surface area contributed by atoms with Crippen molar-refractivity contribution in [3.8, 4) is 11.5 Å². The van der Waals surface area contributed by atoms with Gasteiger partial charge in [0, 0.05) is 6.04 Å². The number of benzene rings is 1. The van der Waals surface area contributed by atoms with Crippen LogP contribution in [0.1, 0.15) is 25.3 Å². The van der Waals surface area contributed by atoms with Crippen LogP contribution in [0.5, 0.6) is 11.5 Å². The number of carbonyl (C=O) groups excluding carboxylic acids is 1. The van der Waals surface area contributed by atoms with Crippen molar-refractivity contribution in [2.45, 2.75) is 38.3 Å². The molecule has 1 aliphatic rings. The number of phenolic OH excluding ortho intramolecular Hbond substituents is 2. The predicted molar refractivity (Wildman–Crippen MR) is 71.8 cm³/mol. The lowest BCUT2D eigenvalue weighted by atomic mass is 10.1. The topological polar surface area (TPSA) is 95.6 Å². The molecule has 1 fully saturated rings. The molecule has 0 radical (unpaired) electrons. The van der Waals surface area contributed by atoms with Crippen LogP contribution in [-0.4, -0.2) is 28.2 Å². The van der Waals surface area contributed by atoms with E-state index in [1.54, 1.807) is 6.07 Å². The van der Waals surface area contributed by atoms with Crippen LogP contribution in [0.25, 0.3) is 0 Å². The van der Waals surface area contributed by atoms with E-state index in [9.17, 15) is 15.0 Å². The van der Waals surface area contributed by atoms with E-state index in [1.807, 2.05) is 0 Å². The van der Waals surface area contributed by atoms with Crippen LogP contribution >= 0.6 is 0 Å². The van der Waals surface area contributed by atoms with Gasteiger partial charge in [-0.1, -0.05) is 19.4 Å². The largest absolute Gasteiger partial charge is 0.504 e. The SMILES string of the molecule is CCC1CC1NC(=O)[C@@H](N)Cc1ccc(O)c(O)c1. The lowest BCUT2D eigenvalue weighted by Crippen LogP contribution is -2.43. The van der Waals surface area contributed by atoms with Gasteiger partial charge in [-0.3, -0.25) is 4.79 Å². The quantitative estimate of drug-likeness (QED) is 0.594. The summed E-state index contributed by atoms with van der Waals surface area (Å²) in [7, 11) is 0. The molecule has 2 rings (SSSR count). The van der Waals surface area contributed by atoms with E-state index in [-0.39, 0.29) is 23.4 Å².